The molecule has 1 aliphatic rings. The number of nitrogens with two attached hydrogens (primary N) is 1. The Morgan fingerprint density at radius 3 is 2.89 bits per heavy atom. The summed E-state index contributed by atoms with van der Waals surface area (Å²) in [5.41, 5.74) is 0.725. The molecule has 5 nitrogen and oxygen atoms in total. The highest BCUT2D eigenvalue weighted by molar-refractivity contribution is 8.00. The topological polar surface area (TPSA) is 89.3 Å². The van der Waals surface area contributed by atoms with Gasteiger partial charge in [-0.05, 0) is 36.3 Å². The first-order chi connectivity index (χ1) is 8.97. The van der Waals surface area contributed by atoms with Crippen LogP contribution in [0, 0.1) is 0 Å². The van der Waals surface area contributed by atoms with Crippen molar-refractivity contribution >= 4 is 27.7 Å². The van der Waals surface area contributed by atoms with E-state index >= 15 is 0 Å². The first kappa shape index (κ1) is 14.4. The number of hydrogen-bond acceptors (Lipinski definition) is 4. The molecule has 1 heterocycles. The molecule has 1 atom stereocenters. The summed E-state index contributed by atoms with van der Waals surface area (Å²) in [7, 11) is -3.70. The number of carbonyl (C=O) groups is 1. The molecular formula is C12H16N2O3S2. The van der Waals surface area contributed by atoms with Crippen molar-refractivity contribution in [1.82, 2.24) is 5.32 Å². The summed E-state index contributed by atoms with van der Waals surface area (Å²) in [4.78, 5) is 11.9. The van der Waals surface area contributed by atoms with Gasteiger partial charge in [0.05, 0.1) is 10.1 Å². The lowest BCUT2D eigenvalue weighted by molar-refractivity contribution is -0.120. The van der Waals surface area contributed by atoms with E-state index in [1.807, 2.05) is 0 Å². The van der Waals surface area contributed by atoms with Crippen LogP contribution < -0.4 is 10.5 Å². The van der Waals surface area contributed by atoms with Gasteiger partial charge in [0.1, 0.15) is 0 Å². The van der Waals surface area contributed by atoms with Crippen LogP contribution in [0.5, 0.6) is 0 Å². The SMILES string of the molecule is NS(=O)(=O)c1cccc(CNC(=O)C2CCCS2)c1. The normalized spacial score (nSPS) is 19.3. The van der Waals surface area contributed by atoms with Gasteiger partial charge >= 0.3 is 0 Å². The average molecular weight is 300 g/mol. The summed E-state index contributed by atoms with van der Waals surface area (Å²) < 4.78 is 22.4. The van der Waals surface area contributed by atoms with Gasteiger partial charge in [0.2, 0.25) is 15.9 Å². The van der Waals surface area contributed by atoms with Crippen LogP contribution in [0.15, 0.2) is 29.2 Å². The lowest BCUT2D eigenvalue weighted by atomic mass is 10.2. The molecule has 2 rings (SSSR count). The van der Waals surface area contributed by atoms with Gasteiger partial charge in [0, 0.05) is 6.54 Å². The van der Waals surface area contributed by atoms with Crippen molar-refractivity contribution < 1.29 is 13.2 Å². The van der Waals surface area contributed by atoms with Gasteiger partial charge < -0.3 is 5.32 Å². The summed E-state index contributed by atoms with van der Waals surface area (Å²) >= 11 is 1.67. The molecule has 0 radical (unpaired) electrons. The number of carbonyl (C=O) groups excluding carboxylic acids is 1. The number of rotatable bonds is 4. The van der Waals surface area contributed by atoms with Gasteiger partial charge in [0.25, 0.3) is 0 Å². The van der Waals surface area contributed by atoms with E-state index < -0.39 is 10.0 Å². The number of amides is 1. The van der Waals surface area contributed by atoms with Gasteiger partial charge in [-0.25, -0.2) is 13.6 Å². The Balaban J connectivity index is 1.98. The Bertz CT molecular complexity index is 566. The fourth-order valence-electron chi connectivity index (χ4n) is 1.92. The molecular weight excluding hydrogens is 284 g/mol. The van der Waals surface area contributed by atoms with Crippen molar-refractivity contribution in [3.8, 4) is 0 Å². The van der Waals surface area contributed by atoms with E-state index in [-0.39, 0.29) is 16.1 Å². The maximum absolute atomic E-state index is 11.8. The Kier molecular flexibility index (Phi) is 4.49. The third-order valence-corrected chi connectivity index (χ3v) is 5.20. The van der Waals surface area contributed by atoms with Crippen LogP contribution >= 0.6 is 11.8 Å². The summed E-state index contributed by atoms with van der Waals surface area (Å²) in [6.45, 7) is 0.319. The zero-order valence-corrected chi connectivity index (χ0v) is 12.0. The molecule has 1 fully saturated rings. The van der Waals surface area contributed by atoms with E-state index in [1.165, 1.54) is 12.1 Å². The highest BCUT2D eigenvalue weighted by Gasteiger charge is 2.22. The first-order valence-corrected chi connectivity index (χ1v) is 8.57. The zero-order valence-electron chi connectivity index (χ0n) is 10.3. The van der Waals surface area contributed by atoms with E-state index in [1.54, 1.807) is 23.9 Å². The number of sulfonamides is 1. The number of nitrogens with one attached hydrogen (secondary N) is 1. The fraction of sp³-hybridized carbons (Fsp3) is 0.417. The number of benzene rings is 1. The van der Waals surface area contributed by atoms with Crippen LogP contribution in [0.25, 0.3) is 0 Å². The molecule has 1 aliphatic heterocycles. The number of primary sulfonamides is 1. The van der Waals surface area contributed by atoms with E-state index in [9.17, 15) is 13.2 Å². The van der Waals surface area contributed by atoms with Crippen molar-refractivity contribution in [3.63, 3.8) is 0 Å². The second-order valence-corrected chi connectivity index (χ2v) is 7.28. The summed E-state index contributed by atoms with van der Waals surface area (Å²) in [6, 6.07) is 6.30. The fourth-order valence-corrected chi connectivity index (χ4v) is 3.69. The Labute approximate surface area is 117 Å². The second-order valence-electron chi connectivity index (χ2n) is 4.41. The minimum absolute atomic E-state index is 0.0171. The molecule has 0 aliphatic carbocycles. The maximum Gasteiger partial charge on any atom is 0.238 e. The van der Waals surface area contributed by atoms with Gasteiger partial charge in [-0.3, -0.25) is 4.79 Å². The highest BCUT2D eigenvalue weighted by Crippen LogP contribution is 2.26. The molecule has 1 amide bonds. The Hall–Kier alpha value is -1.05. The minimum Gasteiger partial charge on any atom is -0.351 e. The van der Waals surface area contributed by atoms with Crippen LogP contribution in [-0.4, -0.2) is 25.3 Å². The van der Waals surface area contributed by atoms with E-state index in [4.69, 9.17) is 5.14 Å². The Morgan fingerprint density at radius 1 is 1.47 bits per heavy atom. The summed E-state index contributed by atoms with van der Waals surface area (Å²) in [6.07, 6.45) is 1.98. The molecule has 3 N–H and O–H groups in total. The molecule has 1 saturated heterocycles. The van der Waals surface area contributed by atoms with E-state index in [0.717, 1.165) is 24.2 Å². The molecule has 19 heavy (non-hydrogen) atoms. The predicted octanol–water partition coefficient (Wildman–Crippen LogP) is 0.846. The molecule has 0 spiro atoms. The van der Waals surface area contributed by atoms with E-state index in [2.05, 4.69) is 5.32 Å². The summed E-state index contributed by atoms with van der Waals surface area (Å²) in [5.74, 6) is 1.04. The van der Waals surface area contributed by atoms with Crippen molar-refractivity contribution in [2.24, 2.45) is 5.14 Å². The molecule has 0 bridgehead atoms. The third-order valence-electron chi connectivity index (χ3n) is 2.92. The lowest BCUT2D eigenvalue weighted by Crippen LogP contribution is -2.30. The molecule has 104 valence electrons. The van der Waals surface area contributed by atoms with Gasteiger partial charge in [-0.15, -0.1) is 11.8 Å². The van der Waals surface area contributed by atoms with E-state index in [0.29, 0.717) is 6.54 Å². The predicted molar refractivity (Wildman–Crippen MR) is 75.1 cm³/mol. The van der Waals surface area contributed by atoms with Crippen molar-refractivity contribution in [3.05, 3.63) is 29.8 Å². The van der Waals surface area contributed by atoms with Gasteiger partial charge in [0.15, 0.2) is 0 Å². The Morgan fingerprint density at radius 2 is 2.26 bits per heavy atom. The smallest absolute Gasteiger partial charge is 0.238 e. The quantitative estimate of drug-likeness (QED) is 0.862. The van der Waals surface area contributed by atoms with Crippen molar-refractivity contribution in [2.45, 2.75) is 29.5 Å². The van der Waals surface area contributed by atoms with Crippen LogP contribution in [0.4, 0.5) is 0 Å². The van der Waals surface area contributed by atoms with Crippen molar-refractivity contribution in [1.29, 1.82) is 0 Å². The van der Waals surface area contributed by atoms with Crippen LogP contribution in [-0.2, 0) is 21.4 Å². The average Bonchev–Trinajstić information content (AvgIpc) is 2.89. The standard InChI is InChI=1S/C12H16N2O3S2/c13-19(16,17)10-4-1-3-9(7-10)8-14-12(15)11-5-2-6-18-11/h1,3-4,7,11H,2,5-6,8H2,(H,14,15)(H2,13,16,17). The van der Waals surface area contributed by atoms with Gasteiger partial charge in [-0.1, -0.05) is 12.1 Å². The second kappa shape index (κ2) is 5.94. The van der Waals surface area contributed by atoms with Crippen LogP contribution in [0.3, 0.4) is 0 Å². The number of hydrogen-bond donors (Lipinski definition) is 2. The molecule has 0 saturated carbocycles. The molecule has 1 unspecified atom stereocenters. The molecule has 0 aromatic heterocycles. The monoisotopic (exact) mass is 300 g/mol. The first-order valence-electron chi connectivity index (χ1n) is 5.98. The third kappa shape index (κ3) is 3.95. The van der Waals surface area contributed by atoms with Gasteiger partial charge in [-0.2, -0.15) is 0 Å². The molecule has 7 heteroatoms. The minimum atomic E-state index is -3.70. The maximum atomic E-state index is 11.8. The largest absolute Gasteiger partial charge is 0.351 e. The zero-order chi connectivity index (χ0) is 13.9. The highest BCUT2D eigenvalue weighted by atomic mass is 32.2. The van der Waals surface area contributed by atoms with Crippen molar-refractivity contribution in [2.75, 3.05) is 5.75 Å². The number of thioether (sulfide) groups is 1. The van der Waals surface area contributed by atoms with Crippen LogP contribution in [0.1, 0.15) is 18.4 Å². The summed E-state index contributed by atoms with van der Waals surface area (Å²) in [5, 5.41) is 7.92. The van der Waals surface area contributed by atoms with Crippen LogP contribution in [0.2, 0.25) is 0 Å². The lowest BCUT2D eigenvalue weighted by Gasteiger charge is -2.10. The molecule has 1 aromatic carbocycles. The molecule has 1 aromatic rings.